The van der Waals surface area contributed by atoms with Crippen LogP contribution in [0, 0.1) is 11.7 Å². The Hall–Kier alpha value is -1.42. The number of halogens is 1. The molecular formula is C14H18FN3. The van der Waals surface area contributed by atoms with Gasteiger partial charge < -0.3 is 9.88 Å². The van der Waals surface area contributed by atoms with Gasteiger partial charge >= 0.3 is 0 Å². The first-order valence-electron chi connectivity index (χ1n) is 6.56. The number of aromatic nitrogens is 2. The van der Waals surface area contributed by atoms with Gasteiger partial charge in [-0.15, -0.1) is 0 Å². The molecule has 0 aliphatic carbocycles. The van der Waals surface area contributed by atoms with Crippen LogP contribution in [0.5, 0.6) is 0 Å². The smallest absolute Gasteiger partial charge is 0.149 e. The van der Waals surface area contributed by atoms with Crippen molar-refractivity contribution < 1.29 is 4.39 Å². The molecule has 3 rings (SSSR count). The van der Waals surface area contributed by atoms with E-state index in [-0.39, 0.29) is 5.82 Å². The lowest BCUT2D eigenvalue weighted by Crippen LogP contribution is -2.31. The van der Waals surface area contributed by atoms with Crippen molar-refractivity contribution in [1.29, 1.82) is 0 Å². The number of imidazole rings is 1. The summed E-state index contributed by atoms with van der Waals surface area (Å²) in [7, 11) is 1.91. The standard InChI is InChI=1S/C14H18FN3/c1-18-13(8-10-4-3-7-16-9-10)17-12-6-2-5-11(15)14(12)18/h2,5-6,10,16H,3-4,7-9H2,1H3. The fourth-order valence-corrected chi connectivity index (χ4v) is 2.81. The van der Waals surface area contributed by atoms with Crippen LogP contribution in [0.3, 0.4) is 0 Å². The van der Waals surface area contributed by atoms with Crippen molar-refractivity contribution in [2.24, 2.45) is 13.0 Å². The molecule has 0 radical (unpaired) electrons. The van der Waals surface area contributed by atoms with E-state index in [2.05, 4.69) is 10.3 Å². The first-order chi connectivity index (χ1) is 8.75. The van der Waals surface area contributed by atoms with Crippen molar-refractivity contribution in [3.63, 3.8) is 0 Å². The normalized spacial score (nSPS) is 20.4. The lowest BCUT2D eigenvalue weighted by Gasteiger charge is -2.22. The van der Waals surface area contributed by atoms with E-state index in [1.54, 1.807) is 6.07 Å². The number of benzene rings is 1. The van der Waals surface area contributed by atoms with Crippen LogP contribution in [0.15, 0.2) is 18.2 Å². The Balaban J connectivity index is 1.92. The van der Waals surface area contributed by atoms with Crippen molar-refractivity contribution in [3.8, 4) is 0 Å². The molecule has 96 valence electrons. The molecular weight excluding hydrogens is 229 g/mol. The van der Waals surface area contributed by atoms with Gasteiger partial charge in [-0.2, -0.15) is 0 Å². The van der Waals surface area contributed by atoms with Gasteiger partial charge in [-0.05, 0) is 44.0 Å². The van der Waals surface area contributed by atoms with Crippen LogP contribution in [0.2, 0.25) is 0 Å². The first kappa shape index (κ1) is 11.7. The quantitative estimate of drug-likeness (QED) is 0.882. The van der Waals surface area contributed by atoms with Crippen LogP contribution in [-0.2, 0) is 13.5 Å². The fourth-order valence-electron chi connectivity index (χ4n) is 2.81. The molecule has 3 nitrogen and oxygen atoms in total. The first-order valence-corrected chi connectivity index (χ1v) is 6.56. The molecule has 0 spiro atoms. The van der Waals surface area contributed by atoms with E-state index in [1.807, 2.05) is 17.7 Å². The van der Waals surface area contributed by atoms with Crippen LogP contribution in [0.4, 0.5) is 4.39 Å². The molecule has 1 N–H and O–H groups in total. The third-order valence-electron chi connectivity index (χ3n) is 3.81. The second-order valence-corrected chi connectivity index (χ2v) is 5.11. The second kappa shape index (κ2) is 4.69. The monoisotopic (exact) mass is 247 g/mol. The third kappa shape index (κ3) is 2.01. The van der Waals surface area contributed by atoms with Gasteiger partial charge in [0.25, 0.3) is 0 Å². The summed E-state index contributed by atoms with van der Waals surface area (Å²) in [6.07, 6.45) is 3.39. The molecule has 1 aromatic heterocycles. The molecule has 0 saturated carbocycles. The number of hydrogen-bond acceptors (Lipinski definition) is 2. The summed E-state index contributed by atoms with van der Waals surface area (Å²) in [5.74, 6) is 1.43. The maximum atomic E-state index is 13.8. The average molecular weight is 247 g/mol. The molecule has 18 heavy (non-hydrogen) atoms. The summed E-state index contributed by atoms with van der Waals surface area (Å²) in [5.41, 5.74) is 1.38. The summed E-state index contributed by atoms with van der Waals surface area (Å²) >= 11 is 0. The number of para-hydroxylation sites is 1. The number of nitrogens with one attached hydrogen (secondary N) is 1. The Morgan fingerprint density at radius 2 is 2.39 bits per heavy atom. The topological polar surface area (TPSA) is 29.9 Å². The zero-order chi connectivity index (χ0) is 12.5. The van der Waals surface area contributed by atoms with Crippen molar-refractivity contribution in [2.75, 3.05) is 13.1 Å². The van der Waals surface area contributed by atoms with Gasteiger partial charge in [0.1, 0.15) is 17.2 Å². The lowest BCUT2D eigenvalue weighted by molar-refractivity contribution is 0.368. The van der Waals surface area contributed by atoms with Gasteiger partial charge in [0.05, 0.1) is 5.52 Å². The molecule has 1 atom stereocenters. The van der Waals surface area contributed by atoms with E-state index in [9.17, 15) is 4.39 Å². The van der Waals surface area contributed by atoms with Gasteiger partial charge in [-0.1, -0.05) is 6.07 Å². The molecule has 1 fully saturated rings. The van der Waals surface area contributed by atoms with Gasteiger partial charge in [0.2, 0.25) is 0 Å². The second-order valence-electron chi connectivity index (χ2n) is 5.11. The molecule has 1 unspecified atom stereocenters. The maximum Gasteiger partial charge on any atom is 0.149 e. The Morgan fingerprint density at radius 1 is 1.50 bits per heavy atom. The van der Waals surface area contributed by atoms with Crippen molar-refractivity contribution in [3.05, 3.63) is 29.8 Å². The third-order valence-corrected chi connectivity index (χ3v) is 3.81. The van der Waals surface area contributed by atoms with Gasteiger partial charge in [-0.25, -0.2) is 9.37 Å². The molecule has 1 saturated heterocycles. The summed E-state index contributed by atoms with van der Waals surface area (Å²) in [5, 5.41) is 3.41. The van der Waals surface area contributed by atoms with Crippen LogP contribution in [-0.4, -0.2) is 22.6 Å². The average Bonchev–Trinajstić information content (AvgIpc) is 2.69. The minimum absolute atomic E-state index is 0.185. The van der Waals surface area contributed by atoms with E-state index < -0.39 is 0 Å². The lowest BCUT2D eigenvalue weighted by atomic mass is 9.96. The minimum atomic E-state index is -0.185. The Labute approximate surface area is 106 Å². The summed E-state index contributed by atoms with van der Waals surface area (Å²) in [4.78, 5) is 4.56. The highest BCUT2D eigenvalue weighted by Gasteiger charge is 2.18. The highest BCUT2D eigenvalue weighted by atomic mass is 19.1. The number of nitrogens with zero attached hydrogens (tertiary/aromatic N) is 2. The van der Waals surface area contributed by atoms with E-state index in [0.717, 1.165) is 30.9 Å². The van der Waals surface area contributed by atoms with E-state index in [1.165, 1.54) is 18.9 Å². The number of piperidine rings is 1. The Morgan fingerprint density at radius 3 is 3.11 bits per heavy atom. The molecule has 2 heterocycles. The zero-order valence-electron chi connectivity index (χ0n) is 10.6. The van der Waals surface area contributed by atoms with Crippen molar-refractivity contribution in [2.45, 2.75) is 19.3 Å². The minimum Gasteiger partial charge on any atom is -0.329 e. The van der Waals surface area contributed by atoms with Crippen LogP contribution < -0.4 is 5.32 Å². The zero-order valence-corrected chi connectivity index (χ0v) is 10.6. The maximum absolute atomic E-state index is 13.8. The summed E-state index contributed by atoms with van der Waals surface area (Å²) in [6.45, 7) is 2.17. The van der Waals surface area contributed by atoms with Crippen LogP contribution in [0.25, 0.3) is 11.0 Å². The molecule has 1 aliphatic heterocycles. The number of aryl methyl sites for hydroxylation is 1. The molecule has 0 amide bonds. The summed E-state index contributed by atoms with van der Waals surface area (Å²) in [6, 6.07) is 5.09. The van der Waals surface area contributed by atoms with Crippen LogP contribution in [0.1, 0.15) is 18.7 Å². The number of rotatable bonds is 2. The predicted molar refractivity (Wildman–Crippen MR) is 70.0 cm³/mol. The van der Waals surface area contributed by atoms with E-state index in [0.29, 0.717) is 11.4 Å². The van der Waals surface area contributed by atoms with Gasteiger partial charge in [-0.3, -0.25) is 0 Å². The SMILES string of the molecule is Cn1c(CC2CCCNC2)nc2cccc(F)c21. The van der Waals surface area contributed by atoms with Crippen LogP contribution >= 0.6 is 0 Å². The molecule has 0 bridgehead atoms. The van der Waals surface area contributed by atoms with E-state index in [4.69, 9.17) is 0 Å². The molecule has 1 aliphatic rings. The number of fused-ring (bicyclic) bond motifs is 1. The summed E-state index contributed by atoms with van der Waals surface area (Å²) < 4.78 is 15.7. The van der Waals surface area contributed by atoms with Crippen molar-refractivity contribution >= 4 is 11.0 Å². The largest absolute Gasteiger partial charge is 0.329 e. The fraction of sp³-hybridized carbons (Fsp3) is 0.500. The number of hydrogen-bond donors (Lipinski definition) is 1. The molecule has 2 aromatic rings. The Bertz CT molecular complexity index is 555. The van der Waals surface area contributed by atoms with E-state index >= 15 is 0 Å². The van der Waals surface area contributed by atoms with Gasteiger partial charge in [0, 0.05) is 13.5 Å². The van der Waals surface area contributed by atoms with Gasteiger partial charge in [0.15, 0.2) is 0 Å². The molecule has 1 aromatic carbocycles. The predicted octanol–water partition coefficient (Wildman–Crippen LogP) is 2.25. The van der Waals surface area contributed by atoms with Crippen molar-refractivity contribution in [1.82, 2.24) is 14.9 Å². The Kier molecular flexibility index (Phi) is 3.04. The highest BCUT2D eigenvalue weighted by Crippen LogP contribution is 2.21. The molecule has 4 heteroatoms. The highest BCUT2D eigenvalue weighted by molar-refractivity contribution is 5.76.